The van der Waals surface area contributed by atoms with Crippen LogP contribution in [0.15, 0.2) is 42.6 Å². The molecule has 0 aliphatic heterocycles. The molecule has 0 saturated heterocycles. The van der Waals surface area contributed by atoms with Gasteiger partial charge in [-0.2, -0.15) is 0 Å². The van der Waals surface area contributed by atoms with Crippen molar-refractivity contribution in [2.45, 2.75) is 20.3 Å². The number of amides is 1. The van der Waals surface area contributed by atoms with Crippen molar-refractivity contribution in [2.24, 2.45) is 0 Å². The number of pyridine rings is 1. The van der Waals surface area contributed by atoms with Crippen LogP contribution < -0.4 is 14.8 Å². The molecule has 0 atom stereocenters. The molecular formula is C20H24N2O5. The quantitative estimate of drug-likeness (QED) is 0.645. The maximum absolute atomic E-state index is 11.8. The molecule has 1 aromatic carbocycles. The summed E-state index contributed by atoms with van der Waals surface area (Å²) in [5.74, 6) is 0.398. The Morgan fingerprint density at radius 2 is 1.81 bits per heavy atom. The van der Waals surface area contributed by atoms with E-state index in [1.165, 1.54) is 12.3 Å². The first-order valence-corrected chi connectivity index (χ1v) is 8.87. The maximum Gasteiger partial charge on any atom is 0.357 e. The smallest absolute Gasteiger partial charge is 0.357 e. The number of carbonyl (C=O) groups excluding carboxylic acids is 2. The van der Waals surface area contributed by atoms with E-state index in [2.05, 4.69) is 10.3 Å². The standard InChI is InChI=1S/C20H24N2O5/c1-3-25-17-9-8-15(13-18(17)26-4-2)10-12-22-19(23)14-27-20(24)16-7-5-6-11-21-16/h5-9,11,13H,3-4,10,12,14H2,1-2H3,(H,22,23). The van der Waals surface area contributed by atoms with Gasteiger partial charge in [-0.3, -0.25) is 4.79 Å². The van der Waals surface area contributed by atoms with Gasteiger partial charge in [0.25, 0.3) is 5.91 Å². The van der Waals surface area contributed by atoms with Crippen molar-refractivity contribution in [1.82, 2.24) is 10.3 Å². The Kier molecular flexibility index (Phi) is 8.09. The lowest BCUT2D eigenvalue weighted by molar-refractivity contribution is -0.124. The van der Waals surface area contributed by atoms with Crippen LogP contribution in [0.25, 0.3) is 0 Å². The Bertz CT molecular complexity index is 749. The fraction of sp³-hybridized carbons (Fsp3) is 0.350. The van der Waals surface area contributed by atoms with Crippen LogP contribution in [0.5, 0.6) is 11.5 Å². The highest BCUT2D eigenvalue weighted by molar-refractivity contribution is 5.89. The van der Waals surface area contributed by atoms with E-state index in [1.807, 2.05) is 32.0 Å². The number of nitrogens with zero attached hydrogens (tertiary/aromatic N) is 1. The molecule has 2 rings (SSSR count). The molecule has 0 saturated carbocycles. The highest BCUT2D eigenvalue weighted by atomic mass is 16.5. The van der Waals surface area contributed by atoms with Gasteiger partial charge in [0, 0.05) is 12.7 Å². The minimum atomic E-state index is -0.626. The third kappa shape index (κ3) is 6.62. The molecule has 7 nitrogen and oxygen atoms in total. The average molecular weight is 372 g/mol. The van der Waals surface area contributed by atoms with E-state index >= 15 is 0 Å². The number of hydrogen-bond acceptors (Lipinski definition) is 6. The molecule has 144 valence electrons. The normalized spacial score (nSPS) is 10.1. The zero-order valence-electron chi connectivity index (χ0n) is 15.6. The Morgan fingerprint density at radius 3 is 2.52 bits per heavy atom. The van der Waals surface area contributed by atoms with Crippen LogP contribution >= 0.6 is 0 Å². The van der Waals surface area contributed by atoms with Crippen molar-refractivity contribution in [1.29, 1.82) is 0 Å². The van der Waals surface area contributed by atoms with Crippen LogP contribution in [0.2, 0.25) is 0 Å². The highest BCUT2D eigenvalue weighted by Gasteiger charge is 2.11. The maximum atomic E-state index is 11.8. The minimum absolute atomic E-state index is 0.170. The number of carbonyl (C=O) groups is 2. The molecule has 1 aromatic heterocycles. The van der Waals surface area contributed by atoms with Crippen LogP contribution in [-0.4, -0.2) is 43.2 Å². The molecular weight excluding hydrogens is 348 g/mol. The van der Waals surface area contributed by atoms with Gasteiger partial charge in [-0.25, -0.2) is 9.78 Å². The third-order valence-corrected chi connectivity index (χ3v) is 3.55. The summed E-state index contributed by atoms with van der Waals surface area (Å²) in [6, 6.07) is 10.6. The predicted molar refractivity (Wildman–Crippen MR) is 100 cm³/mol. The average Bonchev–Trinajstić information content (AvgIpc) is 2.69. The zero-order chi connectivity index (χ0) is 19.5. The SMILES string of the molecule is CCOc1ccc(CCNC(=O)COC(=O)c2ccccn2)cc1OCC. The Balaban J connectivity index is 1.77. The predicted octanol–water partition coefficient (Wildman–Crippen LogP) is 2.39. The summed E-state index contributed by atoms with van der Waals surface area (Å²) in [5.41, 5.74) is 1.18. The van der Waals surface area contributed by atoms with Crippen LogP contribution in [0, 0.1) is 0 Å². The lowest BCUT2D eigenvalue weighted by Crippen LogP contribution is -2.30. The molecule has 27 heavy (non-hydrogen) atoms. The van der Waals surface area contributed by atoms with Crippen LogP contribution in [0.3, 0.4) is 0 Å². The molecule has 0 spiro atoms. The topological polar surface area (TPSA) is 86.8 Å². The van der Waals surface area contributed by atoms with Gasteiger partial charge in [0.05, 0.1) is 13.2 Å². The molecule has 0 aliphatic rings. The second-order valence-corrected chi connectivity index (χ2v) is 5.54. The van der Waals surface area contributed by atoms with Gasteiger partial charge in [-0.05, 0) is 50.1 Å². The number of ether oxygens (including phenoxy) is 3. The number of benzene rings is 1. The molecule has 1 heterocycles. The number of nitrogens with one attached hydrogen (secondary N) is 1. The molecule has 0 fully saturated rings. The van der Waals surface area contributed by atoms with E-state index in [-0.39, 0.29) is 18.2 Å². The molecule has 0 unspecified atom stereocenters. The number of rotatable bonds is 10. The van der Waals surface area contributed by atoms with Gasteiger partial charge in [-0.15, -0.1) is 0 Å². The van der Waals surface area contributed by atoms with Crippen molar-refractivity contribution in [3.05, 3.63) is 53.9 Å². The Hall–Kier alpha value is -3.09. The van der Waals surface area contributed by atoms with Gasteiger partial charge in [-0.1, -0.05) is 12.1 Å². The van der Waals surface area contributed by atoms with E-state index in [9.17, 15) is 9.59 Å². The monoisotopic (exact) mass is 372 g/mol. The molecule has 7 heteroatoms. The molecule has 0 bridgehead atoms. The van der Waals surface area contributed by atoms with Crippen LogP contribution in [0.4, 0.5) is 0 Å². The summed E-state index contributed by atoms with van der Waals surface area (Å²) in [4.78, 5) is 27.4. The molecule has 1 amide bonds. The number of hydrogen-bond donors (Lipinski definition) is 1. The fourth-order valence-electron chi connectivity index (χ4n) is 2.34. The van der Waals surface area contributed by atoms with Gasteiger partial charge in [0.2, 0.25) is 0 Å². The lowest BCUT2D eigenvalue weighted by Gasteiger charge is -2.12. The number of esters is 1. The first kappa shape index (κ1) is 20.2. The van der Waals surface area contributed by atoms with Crippen molar-refractivity contribution in [3.8, 4) is 11.5 Å². The second-order valence-electron chi connectivity index (χ2n) is 5.54. The summed E-state index contributed by atoms with van der Waals surface area (Å²) in [6.07, 6.45) is 2.11. The first-order chi connectivity index (χ1) is 13.1. The minimum Gasteiger partial charge on any atom is -0.490 e. The van der Waals surface area contributed by atoms with Gasteiger partial charge in [0.1, 0.15) is 5.69 Å². The van der Waals surface area contributed by atoms with Crippen molar-refractivity contribution >= 4 is 11.9 Å². The zero-order valence-corrected chi connectivity index (χ0v) is 15.6. The third-order valence-electron chi connectivity index (χ3n) is 3.55. The van der Waals surface area contributed by atoms with Crippen molar-refractivity contribution in [3.63, 3.8) is 0 Å². The second kappa shape index (κ2) is 10.8. The van der Waals surface area contributed by atoms with E-state index in [1.54, 1.807) is 12.1 Å². The Labute approximate surface area is 158 Å². The van der Waals surface area contributed by atoms with E-state index < -0.39 is 5.97 Å². The van der Waals surface area contributed by atoms with E-state index in [4.69, 9.17) is 14.2 Å². The number of aromatic nitrogens is 1. The summed E-state index contributed by atoms with van der Waals surface area (Å²) < 4.78 is 16.1. The van der Waals surface area contributed by atoms with Gasteiger partial charge >= 0.3 is 5.97 Å². The van der Waals surface area contributed by atoms with Crippen LogP contribution in [-0.2, 0) is 16.0 Å². The van der Waals surface area contributed by atoms with Crippen molar-refractivity contribution in [2.75, 3.05) is 26.4 Å². The molecule has 1 N–H and O–H groups in total. The summed E-state index contributed by atoms with van der Waals surface area (Å²) >= 11 is 0. The van der Waals surface area contributed by atoms with Gasteiger partial charge in [0.15, 0.2) is 18.1 Å². The summed E-state index contributed by atoms with van der Waals surface area (Å²) in [7, 11) is 0. The highest BCUT2D eigenvalue weighted by Crippen LogP contribution is 2.28. The van der Waals surface area contributed by atoms with Crippen LogP contribution in [0.1, 0.15) is 29.9 Å². The van der Waals surface area contributed by atoms with Crippen molar-refractivity contribution < 1.29 is 23.8 Å². The van der Waals surface area contributed by atoms with Gasteiger partial charge < -0.3 is 19.5 Å². The fourth-order valence-corrected chi connectivity index (χ4v) is 2.34. The first-order valence-electron chi connectivity index (χ1n) is 8.87. The Morgan fingerprint density at radius 1 is 1.04 bits per heavy atom. The molecule has 0 aliphatic carbocycles. The summed E-state index contributed by atoms with van der Waals surface area (Å²) in [6.45, 7) is 5.01. The largest absolute Gasteiger partial charge is 0.490 e. The van der Waals surface area contributed by atoms with E-state index in [0.717, 1.165) is 5.56 Å². The molecule has 2 aromatic rings. The van der Waals surface area contributed by atoms with E-state index in [0.29, 0.717) is 37.7 Å². The molecule has 0 radical (unpaired) electrons. The lowest BCUT2D eigenvalue weighted by atomic mass is 10.1. The summed E-state index contributed by atoms with van der Waals surface area (Å²) in [5, 5.41) is 2.72.